The first-order valence-corrected chi connectivity index (χ1v) is 19.2. The second-order valence-electron chi connectivity index (χ2n) is 15.7. The highest BCUT2D eigenvalue weighted by atomic mass is 15.2. The van der Waals surface area contributed by atoms with Gasteiger partial charge in [-0.2, -0.15) is 0 Å². The van der Waals surface area contributed by atoms with Gasteiger partial charge >= 0.3 is 0 Å². The quantitative estimate of drug-likeness (QED) is 0.190. The van der Waals surface area contributed by atoms with Crippen LogP contribution in [0.5, 0.6) is 0 Å². The zero-order valence-electron chi connectivity index (χ0n) is 31.9. The Kier molecular flexibility index (Phi) is 7.57. The van der Waals surface area contributed by atoms with E-state index in [1.165, 1.54) is 60.5 Å². The van der Waals surface area contributed by atoms with Crippen LogP contribution in [-0.4, -0.2) is 20.8 Å². The van der Waals surface area contributed by atoms with E-state index in [1.54, 1.807) is 0 Å². The third kappa shape index (κ3) is 5.14. The van der Waals surface area contributed by atoms with Crippen LogP contribution in [0.3, 0.4) is 0 Å². The van der Waals surface area contributed by atoms with Gasteiger partial charge in [-0.1, -0.05) is 147 Å². The number of hydrogen-bond acceptors (Lipinski definition) is 3. The van der Waals surface area contributed by atoms with Crippen LogP contribution >= 0.6 is 0 Å². The minimum atomic E-state index is -0.570. The van der Waals surface area contributed by atoms with Crippen LogP contribution < -0.4 is 5.32 Å². The van der Waals surface area contributed by atoms with Gasteiger partial charge in [0.25, 0.3) is 0 Å². The van der Waals surface area contributed by atoms with Gasteiger partial charge in [0.05, 0.1) is 28.3 Å². The largest absolute Gasteiger partial charge is 0.332 e. The average molecular weight is 714 g/mol. The molecule has 3 heterocycles. The van der Waals surface area contributed by atoms with E-state index >= 15 is 0 Å². The summed E-state index contributed by atoms with van der Waals surface area (Å²) >= 11 is 0. The first kappa shape index (κ1) is 33.1. The summed E-state index contributed by atoms with van der Waals surface area (Å²) in [7, 11) is 0. The number of nitrogens with zero attached hydrogens (tertiary/aromatic N) is 4. The molecule has 2 aliphatic rings. The molecule has 0 fully saturated rings. The molecule has 0 radical (unpaired) electrons. The van der Waals surface area contributed by atoms with Gasteiger partial charge in [0.15, 0.2) is 6.17 Å². The monoisotopic (exact) mass is 713 g/mol. The molecular formula is C50H43N5. The molecule has 1 aliphatic carbocycles. The molecule has 10 rings (SSSR count). The van der Waals surface area contributed by atoms with Crippen molar-refractivity contribution in [3.63, 3.8) is 0 Å². The number of rotatable bonds is 5. The lowest BCUT2D eigenvalue weighted by atomic mass is 9.77. The van der Waals surface area contributed by atoms with Crippen molar-refractivity contribution in [1.82, 2.24) is 14.5 Å². The van der Waals surface area contributed by atoms with Crippen LogP contribution in [0, 0.1) is 19.3 Å². The van der Waals surface area contributed by atoms with Crippen LogP contribution in [0.1, 0.15) is 60.8 Å². The van der Waals surface area contributed by atoms with Crippen molar-refractivity contribution in [3.05, 3.63) is 185 Å². The standard InChI is InChI=1S/C50H43N5/c1-31-18-16-19-32(2)43(31)54-40-27-14-12-25-36(40)38-30-39-37-26-13-15-28-41(37)55(46-33(3)20-17-29-50(46,4)5)45(39)42(44(38)54)49-52-47(34-21-8-6-9-22-34)51-48(53-49)35-23-10-7-11-24-35/h6-30,46,49H,1-5H3,(H,51,52,53). The van der Waals surface area contributed by atoms with E-state index in [4.69, 9.17) is 9.98 Å². The molecule has 5 heteroatoms. The Morgan fingerprint density at radius 3 is 1.75 bits per heavy atom. The maximum Gasteiger partial charge on any atom is 0.173 e. The van der Waals surface area contributed by atoms with Crippen molar-refractivity contribution in [2.45, 2.75) is 46.8 Å². The molecule has 0 saturated carbocycles. The Hall–Kier alpha value is -6.46. The number of benzene rings is 6. The highest BCUT2D eigenvalue weighted by Crippen LogP contribution is 2.50. The molecular weight excluding hydrogens is 671 g/mol. The topological polar surface area (TPSA) is 46.6 Å². The lowest BCUT2D eigenvalue weighted by Crippen LogP contribution is -2.36. The first-order chi connectivity index (χ1) is 26.8. The SMILES string of the molecule is CC1=CC=CC(C)(C)C1n1c2ccccc2c2cc3c4ccccc4n(-c4c(C)cccc4C)c3c(C3N=C(c4ccccc4)NC(c4ccccc4)=N3)c21. The number of aryl methyl sites for hydroxylation is 2. The Bertz CT molecular complexity index is 2880. The maximum atomic E-state index is 5.62. The van der Waals surface area contributed by atoms with Crippen molar-refractivity contribution in [3.8, 4) is 5.69 Å². The minimum absolute atomic E-state index is 0.0611. The third-order valence-corrected chi connectivity index (χ3v) is 11.7. The van der Waals surface area contributed by atoms with E-state index in [0.29, 0.717) is 0 Å². The molecule has 0 amide bonds. The molecule has 55 heavy (non-hydrogen) atoms. The van der Waals surface area contributed by atoms with Gasteiger partial charge in [-0.15, -0.1) is 0 Å². The fourth-order valence-electron chi connectivity index (χ4n) is 9.36. The Balaban J connectivity index is 1.45. The number of nitrogens with one attached hydrogen (secondary N) is 1. The predicted octanol–water partition coefficient (Wildman–Crippen LogP) is 12.1. The summed E-state index contributed by atoms with van der Waals surface area (Å²) < 4.78 is 5.14. The molecule has 5 nitrogen and oxygen atoms in total. The molecule has 0 saturated heterocycles. The van der Waals surface area contributed by atoms with E-state index in [1.807, 2.05) is 0 Å². The zero-order valence-corrected chi connectivity index (χ0v) is 31.9. The number of fused-ring (bicyclic) bond motifs is 6. The summed E-state index contributed by atoms with van der Waals surface area (Å²) in [6.07, 6.45) is 6.29. The Morgan fingerprint density at radius 2 is 1.13 bits per heavy atom. The van der Waals surface area contributed by atoms with E-state index in [0.717, 1.165) is 33.9 Å². The summed E-state index contributed by atoms with van der Waals surface area (Å²) in [5, 5.41) is 8.53. The fourth-order valence-corrected chi connectivity index (χ4v) is 9.36. The molecule has 0 bridgehead atoms. The van der Waals surface area contributed by atoms with Crippen LogP contribution in [-0.2, 0) is 0 Å². The van der Waals surface area contributed by atoms with E-state index < -0.39 is 6.17 Å². The fraction of sp³-hybridized carbons (Fsp3) is 0.160. The molecule has 2 aromatic heterocycles. The van der Waals surface area contributed by atoms with Crippen molar-refractivity contribution >= 4 is 55.3 Å². The van der Waals surface area contributed by atoms with Crippen molar-refractivity contribution in [1.29, 1.82) is 0 Å². The number of aliphatic imine (C=N–C) groups is 2. The molecule has 1 N–H and O–H groups in total. The van der Waals surface area contributed by atoms with Gasteiger partial charge in [0.2, 0.25) is 0 Å². The van der Waals surface area contributed by atoms with Crippen molar-refractivity contribution in [2.75, 3.05) is 0 Å². The molecule has 6 aromatic carbocycles. The summed E-state index contributed by atoms with van der Waals surface area (Å²) in [5.74, 6) is 1.61. The van der Waals surface area contributed by atoms with Crippen molar-refractivity contribution < 1.29 is 0 Å². The maximum absolute atomic E-state index is 5.62. The Morgan fingerprint density at radius 1 is 0.582 bits per heavy atom. The molecule has 0 spiro atoms. The minimum Gasteiger partial charge on any atom is -0.332 e. The molecule has 1 atom stereocenters. The van der Waals surface area contributed by atoms with E-state index in [9.17, 15) is 0 Å². The average Bonchev–Trinajstić information content (AvgIpc) is 3.70. The van der Waals surface area contributed by atoms with Crippen LogP contribution in [0.2, 0.25) is 0 Å². The van der Waals surface area contributed by atoms with Crippen LogP contribution in [0.4, 0.5) is 0 Å². The van der Waals surface area contributed by atoms with Crippen LogP contribution in [0.25, 0.3) is 49.3 Å². The third-order valence-electron chi connectivity index (χ3n) is 11.7. The van der Waals surface area contributed by atoms with Gasteiger partial charge in [-0.3, -0.25) is 0 Å². The molecule has 268 valence electrons. The number of hydrogen-bond donors (Lipinski definition) is 1. The lowest BCUT2D eigenvalue weighted by molar-refractivity contribution is 0.331. The highest BCUT2D eigenvalue weighted by Gasteiger charge is 2.37. The second kappa shape index (κ2) is 12.6. The Labute approximate surface area is 321 Å². The number of aromatic nitrogens is 2. The molecule has 8 aromatic rings. The smallest absolute Gasteiger partial charge is 0.173 e. The molecule has 1 unspecified atom stereocenters. The first-order valence-electron chi connectivity index (χ1n) is 19.2. The van der Waals surface area contributed by atoms with E-state index in [-0.39, 0.29) is 11.5 Å². The summed E-state index contributed by atoms with van der Waals surface area (Å²) in [4.78, 5) is 11.2. The number of para-hydroxylation sites is 3. The van der Waals surface area contributed by atoms with E-state index in [2.05, 4.69) is 201 Å². The number of amidine groups is 2. The number of allylic oxidation sites excluding steroid dienone is 4. The summed E-state index contributed by atoms with van der Waals surface area (Å²) in [6, 6.07) is 47.8. The van der Waals surface area contributed by atoms with Gasteiger partial charge in [-0.25, -0.2) is 9.98 Å². The highest BCUT2D eigenvalue weighted by molar-refractivity contribution is 6.22. The second-order valence-corrected chi connectivity index (χ2v) is 15.7. The van der Waals surface area contributed by atoms with Gasteiger partial charge in [0.1, 0.15) is 11.7 Å². The van der Waals surface area contributed by atoms with Gasteiger partial charge in [-0.05, 0) is 55.7 Å². The predicted molar refractivity (Wildman–Crippen MR) is 231 cm³/mol. The molecule has 1 aliphatic heterocycles. The van der Waals surface area contributed by atoms with Gasteiger partial charge in [0, 0.05) is 49.2 Å². The van der Waals surface area contributed by atoms with Crippen molar-refractivity contribution in [2.24, 2.45) is 15.4 Å². The normalized spacial score (nSPS) is 17.1. The summed E-state index contributed by atoms with van der Waals surface area (Å²) in [5.41, 5.74) is 12.6. The lowest BCUT2D eigenvalue weighted by Gasteiger charge is -2.37. The zero-order chi connectivity index (χ0) is 37.4. The van der Waals surface area contributed by atoms with Gasteiger partial charge < -0.3 is 14.5 Å². The summed E-state index contributed by atoms with van der Waals surface area (Å²) in [6.45, 7) is 11.5. The van der Waals surface area contributed by atoms with Crippen LogP contribution in [0.15, 0.2) is 167 Å².